The van der Waals surface area contributed by atoms with E-state index in [2.05, 4.69) is 15.5 Å². The summed E-state index contributed by atoms with van der Waals surface area (Å²) < 4.78 is 4.79. The van der Waals surface area contributed by atoms with Crippen molar-refractivity contribution in [3.63, 3.8) is 0 Å². The zero-order valence-electron chi connectivity index (χ0n) is 13.0. The molecule has 0 saturated carbocycles. The Kier molecular flexibility index (Phi) is 6.81. The lowest BCUT2D eigenvalue weighted by Crippen LogP contribution is -2.52. The number of rotatable bonds is 9. The van der Waals surface area contributed by atoms with Gasteiger partial charge in [0.15, 0.2) is 11.9 Å². The Labute approximate surface area is 140 Å². The average molecular weight is 359 g/mol. The number of aliphatic hydroxyl groups excluding tert-OH is 1. The van der Waals surface area contributed by atoms with Gasteiger partial charge in [0.25, 0.3) is 0 Å². The lowest BCUT2D eigenvalue weighted by Gasteiger charge is -2.19. The molecule has 1 aromatic heterocycles. The van der Waals surface area contributed by atoms with Gasteiger partial charge in [-0.2, -0.15) is 4.98 Å². The van der Waals surface area contributed by atoms with Crippen molar-refractivity contribution < 1.29 is 39.0 Å². The minimum atomic E-state index is -1.60. The van der Waals surface area contributed by atoms with Crippen LogP contribution in [0.3, 0.4) is 0 Å². The highest BCUT2D eigenvalue weighted by molar-refractivity contribution is 5.83. The average Bonchev–Trinajstić information content (AvgIpc) is 2.90. The van der Waals surface area contributed by atoms with Gasteiger partial charge in [-0.1, -0.05) is 5.16 Å². The smallest absolute Gasteiger partial charge is 0.328 e. The Bertz CT molecular complexity index is 658. The number of aliphatic hydroxyl groups is 1. The zero-order valence-corrected chi connectivity index (χ0v) is 13.0. The van der Waals surface area contributed by atoms with Crippen LogP contribution in [0.1, 0.15) is 31.1 Å². The predicted octanol–water partition coefficient (Wildman–Crippen LogP) is -2.25. The van der Waals surface area contributed by atoms with Crippen molar-refractivity contribution in [2.24, 2.45) is 5.73 Å². The lowest BCUT2D eigenvalue weighted by molar-refractivity contribution is -0.142. The zero-order chi connectivity index (χ0) is 19.1. The van der Waals surface area contributed by atoms with Gasteiger partial charge in [-0.3, -0.25) is 9.59 Å². The summed E-state index contributed by atoms with van der Waals surface area (Å²) in [4.78, 5) is 48.3. The number of nitrogens with two attached hydrogens (primary N) is 1. The van der Waals surface area contributed by atoms with Crippen molar-refractivity contribution in [2.45, 2.75) is 38.0 Å². The molecule has 0 radical (unpaired) electrons. The number of carbonyl (C=O) groups is 4. The molecule has 2 unspecified atom stereocenters. The standard InChI is InChI=1S/C12H17N5O8/c1-4(18)9(11(22)23)16-12(24)14-5(2-6(13)19)10-15-7(17-25-10)3-8(20)21/h4-5,9,18H,2-3H2,1H3,(H2,13,19)(H,20,21)(H,22,23)(H2,14,16,24)/t4?,5?,9-/m0/s1. The molecule has 0 aliphatic carbocycles. The minimum Gasteiger partial charge on any atom is -0.481 e. The number of carboxylic acids is 2. The van der Waals surface area contributed by atoms with Crippen molar-refractivity contribution in [3.8, 4) is 0 Å². The normalized spacial score (nSPS) is 14.2. The number of aliphatic carboxylic acids is 2. The van der Waals surface area contributed by atoms with Crippen LogP contribution >= 0.6 is 0 Å². The van der Waals surface area contributed by atoms with Crippen LogP contribution in [-0.2, 0) is 20.8 Å². The van der Waals surface area contributed by atoms with Gasteiger partial charge in [0, 0.05) is 0 Å². The van der Waals surface area contributed by atoms with Crippen molar-refractivity contribution >= 4 is 23.9 Å². The molecule has 1 heterocycles. The molecule has 0 saturated heterocycles. The molecule has 0 fully saturated rings. The Morgan fingerprint density at radius 1 is 1.24 bits per heavy atom. The summed E-state index contributed by atoms with van der Waals surface area (Å²) in [5.41, 5.74) is 5.06. The third-order valence-electron chi connectivity index (χ3n) is 2.84. The van der Waals surface area contributed by atoms with Crippen molar-refractivity contribution in [1.82, 2.24) is 20.8 Å². The Morgan fingerprint density at radius 3 is 2.36 bits per heavy atom. The number of primary amides is 1. The summed E-state index contributed by atoms with van der Waals surface area (Å²) in [6.07, 6.45) is -2.39. The minimum absolute atomic E-state index is 0.188. The first-order valence-corrected chi connectivity index (χ1v) is 6.90. The molecule has 13 nitrogen and oxygen atoms in total. The molecule has 13 heteroatoms. The number of nitrogens with one attached hydrogen (secondary N) is 2. The molecule has 7 N–H and O–H groups in total. The number of carbonyl (C=O) groups excluding carboxylic acids is 2. The molecule has 0 bridgehead atoms. The van der Waals surface area contributed by atoms with Crippen LogP contribution < -0.4 is 16.4 Å². The van der Waals surface area contributed by atoms with E-state index in [-0.39, 0.29) is 11.7 Å². The van der Waals surface area contributed by atoms with Crippen molar-refractivity contribution in [2.75, 3.05) is 0 Å². The molecule has 3 amide bonds. The van der Waals surface area contributed by atoms with E-state index in [1.165, 1.54) is 0 Å². The predicted molar refractivity (Wildman–Crippen MR) is 77.0 cm³/mol. The van der Waals surface area contributed by atoms with Gasteiger partial charge in [0.2, 0.25) is 11.8 Å². The third-order valence-corrected chi connectivity index (χ3v) is 2.84. The van der Waals surface area contributed by atoms with Crippen molar-refractivity contribution in [1.29, 1.82) is 0 Å². The van der Waals surface area contributed by atoms with Crippen LogP contribution in [0.25, 0.3) is 0 Å². The third kappa shape index (κ3) is 6.42. The number of urea groups is 1. The molecule has 25 heavy (non-hydrogen) atoms. The summed E-state index contributed by atoms with van der Waals surface area (Å²) in [6, 6.07) is -3.85. The first kappa shape index (κ1) is 19.8. The molecule has 138 valence electrons. The molecule has 0 aromatic carbocycles. The molecule has 1 rings (SSSR count). The second kappa shape index (κ2) is 8.58. The van der Waals surface area contributed by atoms with Gasteiger partial charge in [0.1, 0.15) is 12.5 Å². The fourth-order valence-corrected chi connectivity index (χ4v) is 1.75. The molecule has 3 atom stereocenters. The van der Waals surface area contributed by atoms with Crippen molar-refractivity contribution in [3.05, 3.63) is 11.7 Å². The highest BCUT2D eigenvalue weighted by Gasteiger charge is 2.28. The first-order valence-electron chi connectivity index (χ1n) is 6.90. The summed E-state index contributed by atoms with van der Waals surface area (Å²) in [5, 5.41) is 34.5. The van der Waals surface area contributed by atoms with Gasteiger partial charge < -0.3 is 36.2 Å². The van der Waals surface area contributed by atoms with Gasteiger partial charge in [0.05, 0.1) is 12.5 Å². The van der Waals surface area contributed by atoms with Crippen LogP contribution in [0.4, 0.5) is 4.79 Å². The summed E-state index contributed by atoms with van der Waals surface area (Å²) in [6.45, 7) is 1.16. The Hall–Kier alpha value is -3.22. The van der Waals surface area contributed by atoms with Crippen LogP contribution in [0.2, 0.25) is 0 Å². The topological polar surface area (TPSA) is 218 Å². The van der Waals surface area contributed by atoms with Crippen LogP contribution in [-0.4, -0.2) is 61.5 Å². The fourth-order valence-electron chi connectivity index (χ4n) is 1.75. The maximum absolute atomic E-state index is 11.9. The van der Waals surface area contributed by atoms with Gasteiger partial charge in [-0.25, -0.2) is 9.59 Å². The number of carboxylic acid groups (broad SMARTS) is 2. The Balaban J connectivity index is 2.87. The van der Waals surface area contributed by atoms with E-state index >= 15 is 0 Å². The fraction of sp³-hybridized carbons (Fsp3) is 0.500. The van der Waals surface area contributed by atoms with E-state index < -0.39 is 54.9 Å². The van der Waals surface area contributed by atoms with Gasteiger partial charge >= 0.3 is 18.0 Å². The van der Waals surface area contributed by atoms with Crippen LogP contribution in [0.5, 0.6) is 0 Å². The van der Waals surface area contributed by atoms with Crippen LogP contribution in [0, 0.1) is 0 Å². The van der Waals surface area contributed by atoms with E-state index in [9.17, 15) is 24.3 Å². The quantitative estimate of drug-likeness (QED) is 0.278. The summed E-state index contributed by atoms with van der Waals surface area (Å²) in [7, 11) is 0. The molecule has 0 aliphatic heterocycles. The maximum atomic E-state index is 11.9. The lowest BCUT2D eigenvalue weighted by atomic mass is 10.2. The monoisotopic (exact) mass is 359 g/mol. The Morgan fingerprint density at radius 2 is 1.88 bits per heavy atom. The highest BCUT2D eigenvalue weighted by atomic mass is 16.5. The van der Waals surface area contributed by atoms with E-state index in [0.29, 0.717) is 0 Å². The number of hydrogen-bond donors (Lipinski definition) is 6. The first-order chi connectivity index (χ1) is 11.6. The molecule has 0 aliphatic rings. The van der Waals surface area contributed by atoms with Gasteiger partial charge in [-0.15, -0.1) is 0 Å². The van der Waals surface area contributed by atoms with E-state index in [1.807, 2.05) is 5.32 Å². The van der Waals surface area contributed by atoms with Crippen LogP contribution in [0.15, 0.2) is 4.52 Å². The van der Waals surface area contributed by atoms with Gasteiger partial charge in [-0.05, 0) is 6.92 Å². The number of aromatic nitrogens is 2. The molecule has 0 spiro atoms. The van der Waals surface area contributed by atoms with E-state index in [1.54, 1.807) is 0 Å². The maximum Gasteiger partial charge on any atom is 0.328 e. The highest BCUT2D eigenvalue weighted by Crippen LogP contribution is 2.15. The SMILES string of the molecule is CC(O)[C@H](NC(=O)NC(CC(N)=O)c1nc(CC(=O)O)no1)C(=O)O. The number of hydrogen-bond acceptors (Lipinski definition) is 8. The second-order valence-corrected chi connectivity index (χ2v) is 5.02. The number of amides is 3. The number of nitrogens with zero attached hydrogens (tertiary/aromatic N) is 2. The second-order valence-electron chi connectivity index (χ2n) is 5.02. The summed E-state index contributed by atoms with van der Waals surface area (Å²) in [5.74, 6) is -4.00. The molecular weight excluding hydrogens is 342 g/mol. The van der Waals surface area contributed by atoms with E-state index in [0.717, 1.165) is 6.92 Å². The van der Waals surface area contributed by atoms with E-state index in [4.69, 9.17) is 20.5 Å². The molecular formula is C12H17N5O8. The molecule has 1 aromatic rings. The summed E-state index contributed by atoms with van der Waals surface area (Å²) >= 11 is 0. The largest absolute Gasteiger partial charge is 0.481 e.